The molecule has 23 heavy (non-hydrogen) atoms. The monoisotopic (exact) mass is 315 g/mol. The number of rotatable bonds is 6. The lowest BCUT2D eigenvalue weighted by atomic mass is 9.90. The molecule has 0 radical (unpaired) electrons. The third-order valence-corrected chi connectivity index (χ3v) is 5.08. The predicted octanol–water partition coefficient (Wildman–Crippen LogP) is 3.39. The van der Waals surface area contributed by atoms with Gasteiger partial charge in [0.25, 0.3) is 0 Å². The van der Waals surface area contributed by atoms with E-state index in [9.17, 15) is 5.11 Å². The average molecular weight is 315 g/mol. The van der Waals surface area contributed by atoms with Crippen LogP contribution in [0.1, 0.15) is 37.7 Å². The van der Waals surface area contributed by atoms with Crippen molar-refractivity contribution in [1.82, 2.24) is 4.90 Å². The Balaban J connectivity index is 1.65. The minimum absolute atomic E-state index is 0.586. The maximum atomic E-state index is 10.9. The highest BCUT2D eigenvalue weighted by Gasteiger charge is 2.32. The van der Waals surface area contributed by atoms with Gasteiger partial charge in [-0.15, -0.1) is 0 Å². The van der Waals surface area contributed by atoms with Crippen LogP contribution < -0.4 is 0 Å². The van der Waals surface area contributed by atoms with Crippen LogP contribution in [0.5, 0.6) is 0 Å². The molecule has 0 aromatic heterocycles. The fourth-order valence-electron chi connectivity index (χ4n) is 3.74. The van der Waals surface area contributed by atoms with Crippen LogP contribution in [0.25, 0.3) is 0 Å². The summed E-state index contributed by atoms with van der Waals surface area (Å²) in [5.41, 5.74) is 0.742. The van der Waals surface area contributed by atoms with E-state index >= 15 is 0 Å². The van der Waals surface area contributed by atoms with E-state index in [1.807, 2.05) is 0 Å². The van der Waals surface area contributed by atoms with Gasteiger partial charge in [0, 0.05) is 45.7 Å². The van der Waals surface area contributed by atoms with Crippen molar-refractivity contribution >= 4 is 0 Å². The topological polar surface area (TPSA) is 32.7 Å². The number of benzene rings is 1. The first-order chi connectivity index (χ1) is 11.2. The second kappa shape index (κ2) is 8.09. The minimum atomic E-state index is -0.586. The van der Waals surface area contributed by atoms with Crippen molar-refractivity contribution in [3.8, 4) is 0 Å². The maximum Gasteiger partial charge on any atom is 0.0818 e. The third kappa shape index (κ3) is 5.17. The smallest absolute Gasteiger partial charge is 0.0818 e. The Labute approximate surface area is 140 Å². The maximum absolute atomic E-state index is 10.9. The van der Waals surface area contributed by atoms with Crippen LogP contribution >= 0.6 is 0 Å². The highest BCUT2D eigenvalue weighted by molar-refractivity contribution is 5.14. The number of allylic oxidation sites excluding steroid dienone is 2. The van der Waals surface area contributed by atoms with Gasteiger partial charge in [-0.1, -0.05) is 42.5 Å². The molecule has 1 atom stereocenters. The Morgan fingerprint density at radius 3 is 2.61 bits per heavy atom. The largest absolute Gasteiger partial charge is 0.388 e. The molecule has 1 N–H and O–H groups in total. The summed E-state index contributed by atoms with van der Waals surface area (Å²) < 4.78 is 5.43. The molecule has 1 unspecified atom stereocenters. The van der Waals surface area contributed by atoms with Crippen molar-refractivity contribution in [2.45, 2.75) is 44.2 Å². The number of hydrogen-bond donors (Lipinski definition) is 1. The second-order valence-electron chi connectivity index (χ2n) is 7.14. The van der Waals surface area contributed by atoms with E-state index in [1.165, 1.54) is 24.8 Å². The van der Waals surface area contributed by atoms with Crippen LogP contribution in [0.4, 0.5) is 0 Å². The van der Waals surface area contributed by atoms with E-state index in [1.54, 1.807) is 0 Å². The van der Waals surface area contributed by atoms with Gasteiger partial charge < -0.3 is 9.84 Å². The fraction of sp³-hybridized carbons (Fsp3) is 0.600. The summed E-state index contributed by atoms with van der Waals surface area (Å²) in [6.45, 7) is 4.11. The average Bonchev–Trinajstić information content (AvgIpc) is 2.57. The van der Waals surface area contributed by atoms with Crippen LogP contribution in [-0.2, 0) is 11.3 Å². The molecule has 3 rings (SSSR count). The molecule has 1 aliphatic heterocycles. The fourth-order valence-corrected chi connectivity index (χ4v) is 3.74. The van der Waals surface area contributed by atoms with Crippen molar-refractivity contribution in [3.63, 3.8) is 0 Å². The Morgan fingerprint density at radius 1 is 1.13 bits per heavy atom. The number of ether oxygens (including phenoxy) is 1. The molecule has 0 amide bonds. The Morgan fingerprint density at radius 2 is 1.91 bits per heavy atom. The molecular weight excluding hydrogens is 286 g/mol. The zero-order chi connectivity index (χ0) is 16.0. The van der Waals surface area contributed by atoms with E-state index in [4.69, 9.17) is 4.74 Å². The molecule has 3 nitrogen and oxygen atoms in total. The number of hydrogen-bond acceptors (Lipinski definition) is 3. The standard InChI is InChI=1S/C20H29NO2/c22-20(11-13-23-14-12-20)17-21(15-18-7-3-1-4-8-18)16-19-9-5-2-6-10-19/h1-5,7-8,19,22H,6,9-17H2. The van der Waals surface area contributed by atoms with Crippen LogP contribution in [-0.4, -0.2) is 41.9 Å². The Kier molecular flexibility index (Phi) is 5.87. The van der Waals surface area contributed by atoms with Crippen molar-refractivity contribution in [2.75, 3.05) is 26.3 Å². The summed E-state index contributed by atoms with van der Waals surface area (Å²) in [4.78, 5) is 2.46. The molecule has 0 saturated carbocycles. The first-order valence-electron chi connectivity index (χ1n) is 8.95. The molecule has 0 bridgehead atoms. The lowest BCUT2D eigenvalue weighted by Crippen LogP contribution is -2.47. The van der Waals surface area contributed by atoms with Crippen molar-refractivity contribution in [3.05, 3.63) is 48.0 Å². The second-order valence-corrected chi connectivity index (χ2v) is 7.14. The molecule has 1 aromatic rings. The molecule has 1 aliphatic carbocycles. The van der Waals surface area contributed by atoms with Crippen LogP contribution in [0.3, 0.4) is 0 Å². The summed E-state index contributed by atoms with van der Waals surface area (Å²) in [7, 11) is 0. The van der Waals surface area contributed by atoms with Crippen LogP contribution in [0.15, 0.2) is 42.5 Å². The van der Waals surface area contributed by atoms with Gasteiger partial charge in [0.1, 0.15) is 0 Å². The molecule has 0 spiro atoms. The minimum Gasteiger partial charge on any atom is -0.388 e. The van der Waals surface area contributed by atoms with E-state index in [-0.39, 0.29) is 0 Å². The molecule has 1 aromatic carbocycles. The molecular formula is C20H29NO2. The molecule has 1 fully saturated rings. The van der Waals surface area contributed by atoms with Gasteiger partial charge in [0.15, 0.2) is 0 Å². The van der Waals surface area contributed by atoms with E-state index in [0.717, 1.165) is 32.5 Å². The molecule has 2 aliphatic rings. The normalized spacial score (nSPS) is 24.0. The van der Waals surface area contributed by atoms with Crippen molar-refractivity contribution in [1.29, 1.82) is 0 Å². The summed E-state index contributed by atoms with van der Waals surface area (Å²) in [6, 6.07) is 10.6. The predicted molar refractivity (Wildman–Crippen MR) is 93.2 cm³/mol. The first-order valence-corrected chi connectivity index (χ1v) is 8.95. The highest BCUT2D eigenvalue weighted by atomic mass is 16.5. The van der Waals surface area contributed by atoms with Gasteiger partial charge in [-0.05, 0) is 30.7 Å². The molecule has 126 valence electrons. The summed E-state index contributed by atoms with van der Waals surface area (Å²) >= 11 is 0. The van der Waals surface area contributed by atoms with E-state index in [2.05, 4.69) is 47.4 Å². The van der Waals surface area contributed by atoms with E-state index in [0.29, 0.717) is 19.1 Å². The van der Waals surface area contributed by atoms with Gasteiger partial charge in [-0.3, -0.25) is 4.90 Å². The zero-order valence-corrected chi connectivity index (χ0v) is 14.0. The third-order valence-electron chi connectivity index (χ3n) is 5.08. The summed E-state index contributed by atoms with van der Waals surface area (Å²) in [6.07, 6.45) is 9.76. The quantitative estimate of drug-likeness (QED) is 0.817. The Hall–Kier alpha value is -1.16. The molecule has 3 heteroatoms. The molecule has 1 saturated heterocycles. The molecule has 1 heterocycles. The summed E-state index contributed by atoms with van der Waals surface area (Å²) in [5, 5.41) is 10.9. The lowest BCUT2D eigenvalue weighted by molar-refractivity contribution is -0.0825. The van der Waals surface area contributed by atoms with Crippen LogP contribution in [0.2, 0.25) is 0 Å². The van der Waals surface area contributed by atoms with Gasteiger partial charge in [0.05, 0.1) is 5.60 Å². The van der Waals surface area contributed by atoms with Crippen LogP contribution in [0, 0.1) is 5.92 Å². The van der Waals surface area contributed by atoms with Crippen molar-refractivity contribution < 1.29 is 9.84 Å². The SMILES string of the molecule is OC1(CN(Cc2ccccc2)CC2CC=CCC2)CCOCC1. The lowest BCUT2D eigenvalue weighted by Gasteiger charge is -2.38. The van der Waals surface area contributed by atoms with Gasteiger partial charge in [-0.25, -0.2) is 0 Å². The summed E-state index contributed by atoms with van der Waals surface area (Å²) in [5.74, 6) is 0.715. The van der Waals surface area contributed by atoms with E-state index < -0.39 is 5.60 Å². The highest BCUT2D eigenvalue weighted by Crippen LogP contribution is 2.25. The first kappa shape index (κ1) is 16.7. The zero-order valence-electron chi connectivity index (χ0n) is 14.0. The number of aliphatic hydroxyl groups is 1. The number of nitrogens with zero attached hydrogens (tertiary/aromatic N) is 1. The van der Waals surface area contributed by atoms with Gasteiger partial charge >= 0.3 is 0 Å². The van der Waals surface area contributed by atoms with Gasteiger partial charge in [-0.2, -0.15) is 0 Å². The van der Waals surface area contributed by atoms with Gasteiger partial charge in [0.2, 0.25) is 0 Å². The van der Waals surface area contributed by atoms with Crippen molar-refractivity contribution in [2.24, 2.45) is 5.92 Å². The Bertz CT molecular complexity index is 494.